The number of carbonyl (C=O) groups excluding carboxylic acids is 1. The SMILES string of the molecule is O=COCC(c1cccnc1)c1[nH]cnc1C1CC1. The highest BCUT2D eigenvalue weighted by molar-refractivity contribution is 5.39. The molecule has 1 fully saturated rings. The number of pyridine rings is 1. The summed E-state index contributed by atoms with van der Waals surface area (Å²) < 4.78 is 4.97. The molecule has 0 aliphatic heterocycles. The van der Waals surface area contributed by atoms with Crippen LogP contribution in [-0.2, 0) is 9.53 Å². The zero-order valence-electron chi connectivity index (χ0n) is 10.5. The number of nitrogens with zero attached hydrogens (tertiary/aromatic N) is 2. The number of imidazole rings is 1. The van der Waals surface area contributed by atoms with E-state index in [0.29, 0.717) is 19.0 Å². The fourth-order valence-electron chi connectivity index (χ4n) is 2.34. The first-order chi connectivity index (χ1) is 9.40. The summed E-state index contributed by atoms with van der Waals surface area (Å²) in [4.78, 5) is 22.2. The van der Waals surface area contributed by atoms with Gasteiger partial charge in [-0.05, 0) is 24.5 Å². The highest BCUT2D eigenvalue weighted by Crippen LogP contribution is 2.42. The minimum Gasteiger partial charge on any atom is -0.467 e. The molecule has 5 nitrogen and oxygen atoms in total. The van der Waals surface area contributed by atoms with Crippen molar-refractivity contribution in [3.63, 3.8) is 0 Å². The van der Waals surface area contributed by atoms with Gasteiger partial charge in [0.05, 0.1) is 17.9 Å². The molecular weight excluding hydrogens is 242 g/mol. The Kier molecular flexibility index (Phi) is 3.27. The number of H-pyrrole nitrogens is 1. The molecule has 2 aromatic rings. The van der Waals surface area contributed by atoms with E-state index in [0.717, 1.165) is 17.0 Å². The van der Waals surface area contributed by atoms with Crippen LogP contribution in [0, 0.1) is 0 Å². The number of ether oxygens (including phenoxy) is 1. The van der Waals surface area contributed by atoms with Crippen molar-refractivity contribution in [3.8, 4) is 0 Å². The molecule has 0 radical (unpaired) electrons. The number of carbonyl (C=O) groups is 1. The summed E-state index contributed by atoms with van der Waals surface area (Å²) in [5, 5.41) is 0. The molecule has 2 heterocycles. The smallest absolute Gasteiger partial charge is 0.293 e. The molecule has 19 heavy (non-hydrogen) atoms. The predicted molar refractivity (Wildman–Crippen MR) is 68.7 cm³/mol. The van der Waals surface area contributed by atoms with Gasteiger partial charge in [0.1, 0.15) is 6.61 Å². The molecule has 0 aromatic carbocycles. The van der Waals surface area contributed by atoms with Crippen LogP contribution >= 0.6 is 0 Å². The van der Waals surface area contributed by atoms with Crippen molar-refractivity contribution in [2.75, 3.05) is 6.61 Å². The van der Waals surface area contributed by atoms with E-state index >= 15 is 0 Å². The highest BCUT2D eigenvalue weighted by Gasteiger charge is 2.31. The van der Waals surface area contributed by atoms with Crippen molar-refractivity contribution in [1.29, 1.82) is 0 Å². The normalized spacial score (nSPS) is 16.0. The molecule has 98 valence electrons. The lowest BCUT2D eigenvalue weighted by molar-refractivity contribution is -0.128. The lowest BCUT2D eigenvalue weighted by Gasteiger charge is -2.16. The van der Waals surface area contributed by atoms with Gasteiger partial charge in [-0.3, -0.25) is 9.78 Å². The number of rotatable bonds is 6. The van der Waals surface area contributed by atoms with Crippen LogP contribution in [0.3, 0.4) is 0 Å². The second-order valence-corrected chi connectivity index (χ2v) is 4.74. The van der Waals surface area contributed by atoms with Gasteiger partial charge in [-0.15, -0.1) is 0 Å². The Bertz CT molecular complexity index is 549. The number of aromatic amines is 1. The summed E-state index contributed by atoms with van der Waals surface area (Å²) >= 11 is 0. The third-order valence-electron chi connectivity index (χ3n) is 3.43. The maximum atomic E-state index is 10.5. The fourth-order valence-corrected chi connectivity index (χ4v) is 2.34. The van der Waals surface area contributed by atoms with Crippen molar-refractivity contribution in [2.24, 2.45) is 0 Å². The Morgan fingerprint density at radius 1 is 1.53 bits per heavy atom. The van der Waals surface area contributed by atoms with Crippen molar-refractivity contribution in [2.45, 2.75) is 24.7 Å². The van der Waals surface area contributed by atoms with Gasteiger partial charge in [0.25, 0.3) is 6.47 Å². The first-order valence-electron chi connectivity index (χ1n) is 6.38. The van der Waals surface area contributed by atoms with Gasteiger partial charge >= 0.3 is 0 Å². The van der Waals surface area contributed by atoms with Gasteiger partial charge in [0.2, 0.25) is 0 Å². The zero-order valence-corrected chi connectivity index (χ0v) is 10.5. The molecule has 5 heteroatoms. The molecule has 1 aliphatic carbocycles. The van der Waals surface area contributed by atoms with E-state index in [1.54, 1.807) is 18.7 Å². The molecule has 1 N–H and O–H groups in total. The van der Waals surface area contributed by atoms with E-state index in [2.05, 4.69) is 15.0 Å². The maximum absolute atomic E-state index is 10.5. The minimum atomic E-state index is -0.0306. The molecule has 0 amide bonds. The van der Waals surface area contributed by atoms with Crippen LogP contribution in [0.15, 0.2) is 30.9 Å². The molecule has 0 spiro atoms. The van der Waals surface area contributed by atoms with Crippen LogP contribution in [0.4, 0.5) is 0 Å². The maximum Gasteiger partial charge on any atom is 0.293 e. The first kappa shape index (κ1) is 11.9. The van der Waals surface area contributed by atoms with E-state index in [1.165, 1.54) is 12.8 Å². The lowest BCUT2D eigenvalue weighted by atomic mass is 9.95. The van der Waals surface area contributed by atoms with Gasteiger partial charge in [-0.25, -0.2) is 4.98 Å². The van der Waals surface area contributed by atoms with E-state index in [1.807, 2.05) is 12.1 Å². The van der Waals surface area contributed by atoms with Gasteiger partial charge in [0.15, 0.2) is 0 Å². The van der Waals surface area contributed by atoms with Gasteiger partial charge < -0.3 is 9.72 Å². The summed E-state index contributed by atoms with van der Waals surface area (Å²) in [6, 6.07) is 3.87. The number of nitrogens with one attached hydrogen (secondary N) is 1. The number of hydrogen-bond donors (Lipinski definition) is 1. The topological polar surface area (TPSA) is 67.9 Å². The Labute approximate surface area is 111 Å². The summed E-state index contributed by atoms with van der Waals surface area (Å²) in [5.74, 6) is 0.522. The molecule has 1 atom stereocenters. The van der Waals surface area contributed by atoms with Crippen molar-refractivity contribution >= 4 is 6.47 Å². The lowest BCUT2D eigenvalue weighted by Crippen LogP contribution is -2.12. The quantitative estimate of drug-likeness (QED) is 0.803. The number of hydrogen-bond acceptors (Lipinski definition) is 4. The Hall–Kier alpha value is -2.17. The second kappa shape index (κ2) is 5.22. The Morgan fingerprint density at radius 3 is 3.11 bits per heavy atom. The van der Waals surface area contributed by atoms with Crippen LogP contribution in [0.1, 0.15) is 41.6 Å². The molecule has 1 saturated carbocycles. The molecule has 1 aliphatic rings. The standard InChI is InChI=1S/C14H15N3O2/c18-9-19-7-12(11-2-1-5-15-6-11)14-13(10-3-4-10)16-8-17-14/h1-2,5-6,8-10,12H,3-4,7H2,(H,16,17). The average Bonchev–Trinajstić information content (AvgIpc) is 3.19. The van der Waals surface area contributed by atoms with Crippen LogP contribution < -0.4 is 0 Å². The van der Waals surface area contributed by atoms with E-state index in [4.69, 9.17) is 4.74 Å². The largest absolute Gasteiger partial charge is 0.467 e. The third-order valence-corrected chi connectivity index (χ3v) is 3.43. The minimum absolute atomic E-state index is 0.0306. The molecule has 3 rings (SSSR count). The molecule has 0 bridgehead atoms. The van der Waals surface area contributed by atoms with Crippen molar-refractivity contribution in [3.05, 3.63) is 47.8 Å². The summed E-state index contributed by atoms with van der Waals surface area (Å²) in [6.07, 6.45) is 7.62. The van der Waals surface area contributed by atoms with Crippen LogP contribution in [-0.4, -0.2) is 28.0 Å². The summed E-state index contributed by atoms with van der Waals surface area (Å²) in [7, 11) is 0. The van der Waals surface area contributed by atoms with E-state index in [9.17, 15) is 4.79 Å². The second-order valence-electron chi connectivity index (χ2n) is 4.74. The molecule has 1 unspecified atom stereocenters. The van der Waals surface area contributed by atoms with E-state index in [-0.39, 0.29) is 5.92 Å². The zero-order chi connectivity index (χ0) is 13.1. The third kappa shape index (κ3) is 2.50. The van der Waals surface area contributed by atoms with Crippen LogP contribution in [0.25, 0.3) is 0 Å². The van der Waals surface area contributed by atoms with Crippen LogP contribution in [0.2, 0.25) is 0 Å². The van der Waals surface area contributed by atoms with Gasteiger partial charge in [-0.1, -0.05) is 6.07 Å². The monoisotopic (exact) mass is 257 g/mol. The Balaban J connectivity index is 1.93. The van der Waals surface area contributed by atoms with Crippen molar-refractivity contribution < 1.29 is 9.53 Å². The Morgan fingerprint density at radius 2 is 2.42 bits per heavy atom. The van der Waals surface area contributed by atoms with E-state index < -0.39 is 0 Å². The first-order valence-corrected chi connectivity index (χ1v) is 6.38. The fraction of sp³-hybridized carbons (Fsp3) is 0.357. The molecule has 2 aromatic heterocycles. The average molecular weight is 257 g/mol. The summed E-state index contributed by atoms with van der Waals surface area (Å²) in [5.41, 5.74) is 3.16. The van der Waals surface area contributed by atoms with Gasteiger partial charge in [-0.2, -0.15) is 0 Å². The molecule has 0 saturated heterocycles. The van der Waals surface area contributed by atoms with Crippen molar-refractivity contribution in [1.82, 2.24) is 15.0 Å². The highest BCUT2D eigenvalue weighted by atomic mass is 16.5. The predicted octanol–water partition coefficient (Wildman–Crippen LogP) is 1.99. The van der Waals surface area contributed by atoms with Crippen LogP contribution in [0.5, 0.6) is 0 Å². The summed E-state index contributed by atoms with van der Waals surface area (Å²) in [6.45, 7) is 0.785. The molecular formula is C14H15N3O2. The van der Waals surface area contributed by atoms with Gasteiger partial charge in [0, 0.05) is 24.0 Å². The number of aromatic nitrogens is 3.